The molecule has 0 spiro atoms. The second kappa shape index (κ2) is 11.3. The average Bonchev–Trinajstić information content (AvgIpc) is 3.37. The van der Waals surface area contributed by atoms with Gasteiger partial charge in [0.15, 0.2) is 0 Å². The topological polar surface area (TPSA) is 30.9 Å². The minimum atomic E-state index is 0.423. The predicted molar refractivity (Wildman–Crippen MR) is 178 cm³/mol. The number of para-hydroxylation sites is 1. The molecular weight excluding hydrogens is 496 g/mol. The van der Waals surface area contributed by atoms with Gasteiger partial charge in [-0.25, -0.2) is 0 Å². The third-order valence-corrected chi connectivity index (χ3v) is 7.92. The van der Waals surface area contributed by atoms with E-state index in [1.165, 1.54) is 38.2 Å². The molecule has 0 aliphatic heterocycles. The molecule has 0 unspecified atom stereocenters. The SMILES string of the molecule is C=C/C=C(\CC)C(=C)/C=C(\CN)c1ccc2c3ccc4cc(-c5ccccc5)ccc4c3n(-c3ccccc3)c2c1. The lowest BCUT2D eigenvalue weighted by molar-refractivity contribution is 1.13. The molecular formula is C39H34N2. The van der Waals surface area contributed by atoms with Crippen molar-refractivity contribution in [2.75, 3.05) is 6.54 Å². The lowest BCUT2D eigenvalue weighted by Crippen LogP contribution is -2.03. The summed E-state index contributed by atoms with van der Waals surface area (Å²) >= 11 is 0. The van der Waals surface area contributed by atoms with Crippen molar-refractivity contribution in [2.45, 2.75) is 13.3 Å². The standard InChI is InChI=1S/C39H34N2/c1-4-12-28(5-2)27(3)23-33(26-40)31-18-21-36-37-22-19-32-24-30(29-13-8-6-9-14-29)17-20-35(32)39(37)41(38(36)25-31)34-15-10-7-11-16-34/h4,6-25H,1,3,5,26,40H2,2H3/b28-12+,33-23+. The summed E-state index contributed by atoms with van der Waals surface area (Å²) in [6, 6.07) is 39.2. The lowest BCUT2D eigenvalue weighted by atomic mass is 9.97. The second-order valence-electron chi connectivity index (χ2n) is 10.3. The van der Waals surface area contributed by atoms with E-state index in [4.69, 9.17) is 5.73 Å². The summed E-state index contributed by atoms with van der Waals surface area (Å²) in [5.41, 5.74) is 16.6. The van der Waals surface area contributed by atoms with Crippen molar-refractivity contribution in [3.8, 4) is 16.8 Å². The molecule has 0 radical (unpaired) electrons. The van der Waals surface area contributed by atoms with Gasteiger partial charge in [0.05, 0.1) is 11.0 Å². The van der Waals surface area contributed by atoms with Gasteiger partial charge >= 0.3 is 0 Å². The largest absolute Gasteiger partial charge is 0.326 e. The molecule has 6 aromatic rings. The molecule has 0 amide bonds. The summed E-state index contributed by atoms with van der Waals surface area (Å²) in [7, 11) is 0. The van der Waals surface area contributed by atoms with E-state index in [2.05, 4.69) is 140 Å². The van der Waals surface area contributed by atoms with Gasteiger partial charge < -0.3 is 10.3 Å². The summed E-state index contributed by atoms with van der Waals surface area (Å²) < 4.78 is 2.40. The summed E-state index contributed by atoms with van der Waals surface area (Å²) in [5.74, 6) is 0. The van der Waals surface area contributed by atoms with E-state index in [-0.39, 0.29) is 0 Å². The molecule has 1 heterocycles. The molecule has 0 atom stereocenters. The normalized spacial score (nSPS) is 12.3. The first kappa shape index (κ1) is 26.3. The quantitative estimate of drug-likeness (QED) is 0.195. The Bertz CT molecular complexity index is 1970. The lowest BCUT2D eigenvalue weighted by Gasteiger charge is -2.12. The van der Waals surface area contributed by atoms with Crippen LogP contribution < -0.4 is 5.73 Å². The van der Waals surface area contributed by atoms with E-state index >= 15 is 0 Å². The second-order valence-corrected chi connectivity index (χ2v) is 10.3. The molecule has 0 aliphatic rings. The van der Waals surface area contributed by atoms with Gasteiger partial charge in [-0.15, -0.1) is 0 Å². The van der Waals surface area contributed by atoms with Crippen LogP contribution in [-0.4, -0.2) is 11.1 Å². The number of fused-ring (bicyclic) bond motifs is 5. The van der Waals surface area contributed by atoms with Crippen molar-refractivity contribution in [1.29, 1.82) is 0 Å². The third-order valence-electron chi connectivity index (χ3n) is 7.92. The van der Waals surface area contributed by atoms with Gasteiger partial charge in [0, 0.05) is 28.4 Å². The van der Waals surface area contributed by atoms with E-state index in [0.717, 1.165) is 39.9 Å². The Morgan fingerprint density at radius 1 is 0.780 bits per heavy atom. The van der Waals surface area contributed by atoms with Crippen LogP contribution in [0.2, 0.25) is 0 Å². The fraction of sp³-hybridized carbons (Fsp3) is 0.0769. The van der Waals surface area contributed by atoms with Crippen LogP contribution in [0.4, 0.5) is 0 Å². The van der Waals surface area contributed by atoms with Crippen LogP contribution in [0, 0.1) is 0 Å². The number of nitrogens with two attached hydrogens (primary N) is 1. The molecule has 0 saturated carbocycles. The maximum Gasteiger partial charge on any atom is 0.0619 e. The summed E-state index contributed by atoms with van der Waals surface area (Å²) in [4.78, 5) is 0. The first-order valence-electron chi connectivity index (χ1n) is 14.2. The number of aromatic nitrogens is 1. The van der Waals surface area contributed by atoms with Gasteiger partial charge in [0.1, 0.15) is 0 Å². The van der Waals surface area contributed by atoms with Crippen molar-refractivity contribution in [1.82, 2.24) is 4.57 Å². The zero-order chi connectivity index (χ0) is 28.3. The molecule has 2 N–H and O–H groups in total. The fourth-order valence-corrected chi connectivity index (χ4v) is 5.85. The molecule has 1 aromatic heterocycles. The van der Waals surface area contributed by atoms with E-state index in [0.29, 0.717) is 6.54 Å². The summed E-state index contributed by atoms with van der Waals surface area (Å²) in [5, 5.41) is 4.91. The number of hydrogen-bond acceptors (Lipinski definition) is 1. The Kier molecular flexibility index (Phi) is 7.24. The molecule has 2 heteroatoms. The third kappa shape index (κ3) is 4.84. The number of rotatable bonds is 8. The molecule has 0 bridgehead atoms. The Morgan fingerprint density at radius 3 is 2.20 bits per heavy atom. The van der Waals surface area contributed by atoms with Crippen LogP contribution in [0.3, 0.4) is 0 Å². The first-order valence-corrected chi connectivity index (χ1v) is 14.2. The van der Waals surface area contributed by atoms with E-state index in [1.807, 2.05) is 12.2 Å². The van der Waals surface area contributed by atoms with Crippen molar-refractivity contribution in [2.24, 2.45) is 5.73 Å². The Labute approximate surface area is 242 Å². The number of hydrogen-bond donors (Lipinski definition) is 1. The van der Waals surface area contributed by atoms with E-state index < -0.39 is 0 Å². The molecule has 0 saturated heterocycles. The van der Waals surface area contributed by atoms with E-state index in [9.17, 15) is 0 Å². The first-order chi connectivity index (χ1) is 20.1. The molecule has 41 heavy (non-hydrogen) atoms. The molecule has 0 aliphatic carbocycles. The highest BCUT2D eigenvalue weighted by Gasteiger charge is 2.17. The molecule has 6 rings (SSSR count). The van der Waals surface area contributed by atoms with Crippen LogP contribution in [0.15, 0.2) is 152 Å². The maximum absolute atomic E-state index is 6.32. The zero-order valence-corrected chi connectivity index (χ0v) is 23.5. The van der Waals surface area contributed by atoms with Gasteiger partial charge in [-0.05, 0) is 69.5 Å². The molecule has 0 fully saturated rings. The monoisotopic (exact) mass is 530 g/mol. The van der Waals surface area contributed by atoms with E-state index in [1.54, 1.807) is 0 Å². The number of allylic oxidation sites excluding steroid dienone is 5. The van der Waals surface area contributed by atoms with Gasteiger partial charge in [0.25, 0.3) is 0 Å². The highest BCUT2D eigenvalue weighted by Crippen LogP contribution is 2.39. The summed E-state index contributed by atoms with van der Waals surface area (Å²) in [6.45, 7) is 10.7. The number of benzene rings is 5. The summed E-state index contributed by atoms with van der Waals surface area (Å²) in [6.07, 6.45) is 6.85. The highest BCUT2D eigenvalue weighted by atomic mass is 15.0. The highest BCUT2D eigenvalue weighted by molar-refractivity contribution is 6.19. The van der Waals surface area contributed by atoms with Gasteiger partial charge in [0.2, 0.25) is 0 Å². The van der Waals surface area contributed by atoms with Crippen molar-refractivity contribution in [3.63, 3.8) is 0 Å². The van der Waals surface area contributed by atoms with Crippen LogP contribution >= 0.6 is 0 Å². The smallest absolute Gasteiger partial charge is 0.0619 e. The number of nitrogens with zero attached hydrogens (tertiary/aromatic N) is 1. The zero-order valence-electron chi connectivity index (χ0n) is 23.5. The van der Waals surface area contributed by atoms with Crippen LogP contribution in [0.1, 0.15) is 18.9 Å². The Hall–Kier alpha value is -4.92. The van der Waals surface area contributed by atoms with Crippen LogP contribution in [0.25, 0.3) is 55.0 Å². The maximum atomic E-state index is 6.32. The van der Waals surface area contributed by atoms with Crippen molar-refractivity contribution >= 4 is 38.2 Å². The van der Waals surface area contributed by atoms with Gasteiger partial charge in [-0.1, -0.05) is 123 Å². The predicted octanol–water partition coefficient (Wildman–Crippen LogP) is 10.0. The minimum absolute atomic E-state index is 0.423. The van der Waals surface area contributed by atoms with Crippen LogP contribution in [0.5, 0.6) is 0 Å². The Morgan fingerprint density at radius 2 is 1.49 bits per heavy atom. The molecule has 5 aromatic carbocycles. The van der Waals surface area contributed by atoms with Gasteiger partial charge in [-0.3, -0.25) is 0 Å². The Balaban J connectivity index is 1.60. The van der Waals surface area contributed by atoms with Crippen LogP contribution in [-0.2, 0) is 0 Å². The van der Waals surface area contributed by atoms with Crippen molar-refractivity contribution in [3.05, 3.63) is 157 Å². The molecule has 200 valence electrons. The van der Waals surface area contributed by atoms with Crippen molar-refractivity contribution < 1.29 is 0 Å². The minimum Gasteiger partial charge on any atom is -0.326 e. The molecule has 2 nitrogen and oxygen atoms in total. The average molecular weight is 531 g/mol. The van der Waals surface area contributed by atoms with Gasteiger partial charge in [-0.2, -0.15) is 0 Å². The fourth-order valence-electron chi connectivity index (χ4n) is 5.85.